The van der Waals surface area contributed by atoms with Gasteiger partial charge in [-0.2, -0.15) is 0 Å². The van der Waals surface area contributed by atoms with Gasteiger partial charge in [0, 0.05) is 17.4 Å². The average molecular weight is 335 g/mol. The first-order valence-electron chi connectivity index (χ1n) is 5.89. The fraction of sp³-hybridized carbons (Fsp3) is 1.00. The van der Waals surface area contributed by atoms with Gasteiger partial charge in [0.25, 0.3) is 0 Å². The van der Waals surface area contributed by atoms with E-state index in [0.717, 1.165) is 49.3 Å². The predicted octanol–water partition coefficient (Wildman–Crippen LogP) is 2.33. The van der Waals surface area contributed by atoms with Crippen LogP contribution in [-0.2, 0) is 33.0 Å². The van der Waals surface area contributed by atoms with Gasteiger partial charge in [0.05, 0.1) is 12.4 Å². The van der Waals surface area contributed by atoms with E-state index in [1.807, 2.05) is 0 Å². The molecule has 0 saturated heterocycles. The molecule has 110 valence electrons. The molecule has 0 heterocycles. The van der Waals surface area contributed by atoms with E-state index >= 15 is 0 Å². The van der Waals surface area contributed by atoms with Crippen LogP contribution in [0, 0.1) is 0 Å². The summed E-state index contributed by atoms with van der Waals surface area (Å²) >= 11 is 4.61. The Morgan fingerprint density at radius 1 is 1.00 bits per heavy atom. The van der Waals surface area contributed by atoms with Crippen LogP contribution in [0.15, 0.2) is 0 Å². The minimum absolute atomic E-state index is 0.269. The van der Waals surface area contributed by atoms with Gasteiger partial charge in [0.2, 0.25) is 8.87 Å². The van der Waals surface area contributed by atoms with Gasteiger partial charge < -0.3 is 0 Å². The van der Waals surface area contributed by atoms with Crippen LogP contribution >= 0.6 is 10.8 Å². The molecule has 4 nitrogen and oxygen atoms in total. The van der Waals surface area contributed by atoms with Crippen LogP contribution in [0.25, 0.3) is 0 Å². The Kier molecular flexibility index (Phi) is 9.85. The van der Waals surface area contributed by atoms with Gasteiger partial charge >= 0.3 is 0 Å². The molecule has 1 atom stereocenters. The maximum Gasteiger partial charge on any atom is 0.201 e. The Bertz CT molecular complexity index is 400. The fourth-order valence-corrected chi connectivity index (χ4v) is 3.58. The second-order valence-corrected chi connectivity index (χ2v) is 11.9. The van der Waals surface area contributed by atoms with E-state index < -0.39 is 17.6 Å². The molecule has 0 radical (unpaired) electrons. The van der Waals surface area contributed by atoms with E-state index in [1.165, 1.54) is 6.26 Å². The molecule has 1 unspecified atom stereocenters. The molecule has 0 aromatic carbocycles. The quantitative estimate of drug-likeness (QED) is 0.427. The highest BCUT2D eigenvalue weighted by molar-refractivity contribution is 8.71. The van der Waals surface area contributed by atoms with Gasteiger partial charge in [-0.3, -0.25) is 4.18 Å². The van der Waals surface area contributed by atoms with E-state index in [9.17, 15) is 12.6 Å². The lowest BCUT2D eigenvalue weighted by Gasteiger charge is -2.03. The third-order valence-electron chi connectivity index (χ3n) is 2.34. The Morgan fingerprint density at radius 2 is 1.50 bits per heavy atom. The highest BCUT2D eigenvalue weighted by Crippen LogP contribution is 2.12. The minimum atomic E-state index is -2.88. The molecule has 0 rings (SSSR count). The SMILES string of the molecule is CSS(=O)(=O)CCCCCCCCOS(C)(=O)=S. The van der Waals surface area contributed by atoms with Crippen molar-refractivity contribution in [3.63, 3.8) is 0 Å². The summed E-state index contributed by atoms with van der Waals surface area (Å²) in [5, 5.41) is 0. The van der Waals surface area contributed by atoms with Crippen LogP contribution in [0.5, 0.6) is 0 Å². The van der Waals surface area contributed by atoms with E-state index in [0.29, 0.717) is 6.61 Å². The van der Waals surface area contributed by atoms with Crippen molar-refractivity contribution in [2.75, 3.05) is 24.9 Å². The zero-order chi connectivity index (χ0) is 14.1. The maximum absolute atomic E-state index is 11.2. The van der Waals surface area contributed by atoms with Crippen molar-refractivity contribution in [3.8, 4) is 0 Å². The van der Waals surface area contributed by atoms with E-state index in [-0.39, 0.29) is 5.75 Å². The summed E-state index contributed by atoms with van der Waals surface area (Å²) in [6, 6.07) is 0. The fourth-order valence-electron chi connectivity index (χ4n) is 1.38. The third-order valence-corrected chi connectivity index (χ3v) is 6.54. The van der Waals surface area contributed by atoms with Gasteiger partial charge in [0.15, 0.2) is 0 Å². The summed E-state index contributed by atoms with van der Waals surface area (Å²) in [7, 11) is -4.44. The predicted molar refractivity (Wildman–Crippen MR) is 82.4 cm³/mol. The Hall–Kier alpha value is 0.630. The van der Waals surface area contributed by atoms with Crippen molar-refractivity contribution in [1.82, 2.24) is 0 Å². The number of unbranched alkanes of at least 4 members (excludes halogenated alkanes) is 5. The highest BCUT2D eigenvalue weighted by atomic mass is 33.1. The molecule has 0 saturated carbocycles. The van der Waals surface area contributed by atoms with Crippen molar-refractivity contribution in [1.29, 1.82) is 0 Å². The third kappa shape index (κ3) is 13.1. The van der Waals surface area contributed by atoms with E-state index in [2.05, 4.69) is 11.2 Å². The molecule has 8 heteroatoms. The standard InChI is InChI=1S/C10H22O4S4/c1-16-18(12,13)10-8-6-4-3-5-7-9-14-17(2,11)15/h3-10H2,1-2H3. The summed E-state index contributed by atoms with van der Waals surface area (Å²) in [5.41, 5.74) is 0. The summed E-state index contributed by atoms with van der Waals surface area (Å²) < 4.78 is 38.3. The molecule has 0 N–H and O–H groups in total. The van der Waals surface area contributed by atoms with Crippen LogP contribution in [0.2, 0.25) is 0 Å². The van der Waals surface area contributed by atoms with Gasteiger partial charge in [-0.05, 0) is 29.9 Å². The topological polar surface area (TPSA) is 60.4 Å². The zero-order valence-electron chi connectivity index (χ0n) is 10.9. The van der Waals surface area contributed by atoms with Gasteiger partial charge in [-0.1, -0.05) is 25.7 Å². The van der Waals surface area contributed by atoms with Gasteiger partial charge in [-0.15, -0.1) is 0 Å². The first kappa shape index (κ1) is 18.6. The molecule has 0 fully saturated rings. The van der Waals surface area contributed by atoms with Crippen LogP contribution in [0.4, 0.5) is 0 Å². The number of rotatable bonds is 11. The van der Waals surface area contributed by atoms with Gasteiger partial charge in [-0.25, -0.2) is 12.6 Å². The van der Waals surface area contributed by atoms with Crippen molar-refractivity contribution >= 4 is 39.6 Å². The molecule has 0 aromatic rings. The highest BCUT2D eigenvalue weighted by Gasteiger charge is 2.06. The van der Waals surface area contributed by atoms with Crippen molar-refractivity contribution in [3.05, 3.63) is 0 Å². The Labute approximate surface area is 119 Å². The first-order valence-corrected chi connectivity index (χ1v) is 12.1. The minimum Gasteiger partial charge on any atom is -0.290 e. The molecular weight excluding hydrogens is 312 g/mol. The molecule has 0 bridgehead atoms. The summed E-state index contributed by atoms with van der Waals surface area (Å²) in [6.45, 7) is 0.444. The first-order chi connectivity index (χ1) is 8.27. The zero-order valence-corrected chi connectivity index (χ0v) is 14.2. The van der Waals surface area contributed by atoms with E-state index in [1.54, 1.807) is 6.26 Å². The van der Waals surface area contributed by atoms with Gasteiger partial charge in [0.1, 0.15) is 8.77 Å². The smallest absolute Gasteiger partial charge is 0.201 e. The lowest BCUT2D eigenvalue weighted by molar-refractivity contribution is 0.333. The van der Waals surface area contributed by atoms with Crippen LogP contribution < -0.4 is 0 Å². The van der Waals surface area contributed by atoms with Crippen molar-refractivity contribution < 1.29 is 16.8 Å². The summed E-state index contributed by atoms with van der Waals surface area (Å²) in [6.07, 6.45) is 8.60. The largest absolute Gasteiger partial charge is 0.290 e. The average Bonchev–Trinajstić information content (AvgIpc) is 2.25. The molecule has 0 amide bonds. The normalized spacial score (nSPS) is 15.4. The lowest BCUT2D eigenvalue weighted by atomic mass is 10.1. The second kappa shape index (κ2) is 9.52. The summed E-state index contributed by atoms with van der Waals surface area (Å²) in [4.78, 5) is 0. The van der Waals surface area contributed by atoms with E-state index in [4.69, 9.17) is 4.18 Å². The monoisotopic (exact) mass is 334 g/mol. The molecule has 0 aromatic heterocycles. The molecular formula is C10H22O4S4. The number of hydrogen-bond acceptors (Lipinski definition) is 6. The number of hydrogen-bond donors (Lipinski definition) is 0. The van der Waals surface area contributed by atoms with Crippen LogP contribution in [-0.4, -0.2) is 37.5 Å². The molecule has 0 aliphatic rings. The molecule has 0 aliphatic carbocycles. The van der Waals surface area contributed by atoms with Crippen molar-refractivity contribution in [2.45, 2.75) is 38.5 Å². The molecule has 0 aliphatic heterocycles. The Balaban J connectivity index is 3.32. The molecule has 0 spiro atoms. The Morgan fingerprint density at radius 3 is 2.00 bits per heavy atom. The van der Waals surface area contributed by atoms with Crippen molar-refractivity contribution in [2.24, 2.45) is 0 Å². The van der Waals surface area contributed by atoms with Crippen LogP contribution in [0.3, 0.4) is 0 Å². The summed E-state index contributed by atoms with van der Waals surface area (Å²) in [5.74, 6) is 0.269. The lowest BCUT2D eigenvalue weighted by Crippen LogP contribution is -2.02. The molecule has 18 heavy (non-hydrogen) atoms. The maximum atomic E-state index is 11.2. The second-order valence-electron chi connectivity index (χ2n) is 4.08. The van der Waals surface area contributed by atoms with Crippen LogP contribution in [0.1, 0.15) is 38.5 Å².